The molecule has 0 unspecified atom stereocenters. The molecule has 0 aliphatic rings. The minimum Gasteiger partial charge on any atom is -0.498 e. The zero-order valence-corrected chi connectivity index (χ0v) is 10.2. The molecule has 0 aliphatic carbocycles. The van der Waals surface area contributed by atoms with Gasteiger partial charge in [-0.15, -0.1) is 0 Å². The van der Waals surface area contributed by atoms with Crippen LogP contribution in [-0.2, 0) is 9.47 Å². The summed E-state index contributed by atoms with van der Waals surface area (Å²) in [7, 11) is 0. The number of allylic oxidation sites excluding steroid dienone is 4. The third-order valence-electron chi connectivity index (χ3n) is 1.99. The van der Waals surface area contributed by atoms with Crippen molar-refractivity contribution in [2.75, 3.05) is 13.2 Å². The zero-order valence-electron chi connectivity index (χ0n) is 10.2. The van der Waals surface area contributed by atoms with Crippen LogP contribution in [-0.4, -0.2) is 13.2 Å². The topological polar surface area (TPSA) is 18.5 Å². The molecule has 0 aliphatic heterocycles. The molecular weight excluding hydrogens is 200 g/mol. The van der Waals surface area contributed by atoms with E-state index in [1.165, 1.54) is 0 Å². The van der Waals surface area contributed by atoms with Crippen molar-refractivity contribution in [3.05, 3.63) is 49.5 Å². The number of hydrogen-bond donors (Lipinski definition) is 0. The molecular formula is C14H22O2. The molecule has 0 atom stereocenters. The number of hydrogen-bond acceptors (Lipinski definition) is 2. The highest BCUT2D eigenvalue weighted by atomic mass is 16.5. The summed E-state index contributed by atoms with van der Waals surface area (Å²) in [5.41, 5.74) is 0. The van der Waals surface area contributed by atoms with Crippen LogP contribution in [0.5, 0.6) is 0 Å². The quantitative estimate of drug-likeness (QED) is 0.316. The van der Waals surface area contributed by atoms with Crippen molar-refractivity contribution in [1.29, 1.82) is 0 Å². The Morgan fingerprint density at radius 2 is 1.69 bits per heavy atom. The van der Waals surface area contributed by atoms with Gasteiger partial charge in [0, 0.05) is 0 Å². The Hall–Kier alpha value is -1.44. The molecule has 90 valence electrons. The van der Waals surface area contributed by atoms with E-state index in [0.29, 0.717) is 12.4 Å². The molecule has 0 heterocycles. The van der Waals surface area contributed by atoms with E-state index in [0.717, 1.165) is 31.6 Å². The van der Waals surface area contributed by atoms with Crippen molar-refractivity contribution >= 4 is 0 Å². The maximum absolute atomic E-state index is 5.45. The smallest absolute Gasteiger partial charge is 0.111 e. The molecule has 0 fully saturated rings. The predicted octanol–water partition coefficient (Wildman–Crippen LogP) is 3.98. The van der Waals surface area contributed by atoms with Gasteiger partial charge in [0.05, 0.1) is 19.0 Å². The summed E-state index contributed by atoms with van der Waals surface area (Å²) in [6.45, 7) is 14.2. The first kappa shape index (κ1) is 14.6. The van der Waals surface area contributed by atoms with E-state index in [2.05, 4.69) is 19.7 Å². The van der Waals surface area contributed by atoms with Crippen LogP contribution in [0.25, 0.3) is 0 Å². The van der Waals surface area contributed by atoms with Gasteiger partial charge < -0.3 is 9.47 Å². The Kier molecular flexibility index (Phi) is 9.18. The minimum absolute atomic E-state index is 0.640. The van der Waals surface area contributed by atoms with Crippen LogP contribution in [0.15, 0.2) is 49.5 Å². The fourth-order valence-corrected chi connectivity index (χ4v) is 1.09. The van der Waals surface area contributed by atoms with Gasteiger partial charge >= 0.3 is 0 Å². The second-order valence-electron chi connectivity index (χ2n) is 3.44. The van der Waals surface area contributed by atoms with E-state index in [9.17, 15) is 0 Å². The van der Waals surface area contributed by atoms with Gasteiger partial charge in [0.15, 0.2) is 0 Å². The van der Waals surface area contributed by atoms with Crippen LogP contribution >= 0.6 is 0 Å². The first-order chi connectivity index (χ1) is 7.70. The normalized spacial score (nSPS) is 10.7. The van der Waals surface area contributed by atoms with E-state index in [-0.39, 0.29) is 0 Å². The number of ether oxygens (including phenoxy) is 2. The molecule has 0 amide bonds. The Morgan fingerprint density at radius 3 is 2.25 bits per heavy atom. The summed E-state index contributed by atoms with van der Waals surface area (Å²) in [5, 5.41) is 0. The van der Waals surface area contributed by atoms with Crippen LogP contribution in [0, 0.1) is 0 Å². The monoisotopic (exact) mass is 222 g/mol. The van der Waals surface area contributed by atoms with Crippen molar-refractivity contribution < 1.29 is 9.47 Å². The maximum Gasteiger partial charge on any atom is 0.111 e. The van der Waals surface area contributed by atoms with Gasteiger partial charge in [-0.3, -0.25) is 0 Å². The summed E-state index contributed by atoms with van der Waals surface area (Å²) >= 11 is 0. The highest BCUT2D eigenvalue weighted by Gasteiger charge is 1.93. The van der Waals surface area contributed by atoms with Crippen LogP contribution in [0.1, 0.15) is 26.2 Å². The van der Waals surface area contributed by atoms with Gasteiger partial charge in [-0.1, -0.05) is 25.8 Å². The Bertz CT molecular complexity index is 251. The lowest BCUT2D eigenvalue weighted by Gasteiger charge is -2.06. The lowest BCUT2D eigenvalue weighted by atomic mass is 10.2. The summed E-state index contributed by atoms with van der Waals surface area (Å²) in [6, 6.07) is 0. The largest absolute Gasteiger partial charge is 0.498 e. The standard InChI is InChI=1S/C14H22O2/c1-5-10-14(4)16-12-9-7-8-11-15-13(3)6-2/h5-6,10H,1-3,7-9,11-12H2,4H3/b14-10+. The van der Waals surface area contributed by atoms with Crippen LogP contribution < -0.4 is 0 Å². The van der Waals surface area contributed by atoms with E-state index < -0.39 is 0 Å². The Balaban J connectivity index is 3.28. The van der Waals surface area contributed by atoms with Gasteiger partial charge in [-0.25, -0.2) is 0 Å². The average Bonchev–Trinajstić information content (AvgIpc) is 2.27. The van der Waals surface area contributed by atoms with Gasteiger partial charge in [-0.2, -0.15) is 0 Å². The second kappa shape index (κ2) is 10.1. The molecule has 0 saturated carbocycles. The summed E-state index contributed by atoms with van der Waals surface area (Å²) in [6.07, 6.45) is 8.34. The van der Waals surface area contributed by atoms with Crippen molar-refractivity contribution in [3.8, 4) is 0 Å². The first-order valence-electron chi connectivity index (χ1n) is 5.57. The van der Waals surface area contributed by atoms with Gasteiger partial charge in [0.1, 0.15) is 5.76 Å². The van der Waals surface area contributed by atoms with E-state index in [1.807, 2.05) is 13.0 Å². The zero-order chi connectivity index (χ0) is 12.2. The van der Waals surface area contributed by atoms with Crippen molar-refractivity contribution in [3.63, 3.8) is 0 Å². The van der Waals surface area contributed by atoms with E-state index in [4.69, 9.17) is 9.47 Å². The molecule has 0 bridgehead atoms. The molecule has 2 nitrogen and oxygen atoms in total. The lowest BCUT2D eigenvalue weighted by Crippen LogP contribution is -1.95. The third kappa shape index (κ3) is 9.13. The molecule has 0 rings (SSSR count). The Morgan fingerprint density at radius 1 is 1.06 bits per heavy atom. The fraction of sp³-hybridized carbons (Fsp3) is 0.429. The molecule has 0 N–H and O–H groups in total. The molecule has 0 aromatic carbocycles. The first-order valence-corrected chi connectivity index (χ1v) is 5.57. The maximum atomic E-state index is 5.45. The van der Waals surface area contributed by atoms with Gasteiger partial charge in [-0.05, 0) is 38.3 Å². The number of rotatable bonds is 10. The van der Waals surface area contributed by atoms with Crippen LogP contribution in [0.4, 0.5) is 0 Å². The summed E-state index contributed by atoms with van der Waals surface area (Å²) in [4.78, 5) is 0. The SMILES string of the molecule is C=C/C=C(\C)OCCCCCOC(=C)C=C. The third-order valence-corrected chi connectivity index (χ3v) is 1.99. The predicted molar refractivity (Wildman–Crippen MR) is 69.0 cm³/mol. The fourth-order valence-electron chi connectivity index (χ4n) is 1.09. The van der Waals surface area contributed by atoms with Crippen LogP contribution in [0.3, 0.4) is 0 Å². The van der Waals surface area contributed by atoms with Crippen molar-refractivity contribution in [1.82, 2.24) is 0 Å². The molecule has 16 heavy (non-hydrogen) atoms. The molecule has 0 aromatic rings. The Labute approximate surface area is 99.0 Å². The van der Waals surface area contributed by atoms with Crippen LogP contribution in [0.2, 0.25) is 0 Å². The molecule has 0 spiro atoms. The minimum atomic E-state index is 0.640. The molecule has 0 saturated heterocycles. The summed E-state index contributed by atoms with van der Waals surface area (Å²) in [5.74, 6) is 1.55. The van der Waals surface area contributed by atoms with Gasteiger partial charge in [0.25, 0.3) is 0 Å². The van der Waals surface area contributed by atoms with E-state index >= 15 is 0 Å². The number of unbranched alkanes of at least 4 members (excludes halogenated alkanes) is 2. The molecule has 0 aromatic heterocycles. The van der Waals surface area contributed by atoms with E-state index in [1.54, 1.807) is 12.2 Å². The highest BCUT2D eigenvalue weighted by Crippen LogP contribution is 2.03. The van der Waals surface area contributed by atoms with Crippen molar-refractivity contribution in [2.24, 2.45) is 0 Å². The van der Waals surface area contributed by atoms with Gasteiger partial charge in [0.2, 0.25) is 0 Å². The lowest BCUT2D eigenvalue weighted by molar-refractivity contribution is 0.192. The molecule has 0 radical (unpaired) electrons. The van der Waals surface area contributed by atoms with Crippen molar-refractivity contribution in [2.45, 2.75) is 26.2 Å². The molecule has 2 heteroatoms. The second-order valence-corrected chi connectivity index (χ2v) is 3.44. The summed E-state index contributed by atoms with van der Waals surface area (Å²) < 4.78 is 10.7. The average molecular weight is 222 g/mol. The highest BCUT2D eigenvalue weighted by molar-refractivity contribution is 5.02.